The summed E-state index contributed by atoms with van der Waals surface area (Å²) in [7, 11) is 0. The first-order chi connectivity index (χ1) is 19.6. The molecular weight excluding hydrogens is 570 g/mol. The summed E-state index contributed by atoms with van der Waals surface area (Å²) in [6.45, 7) is 2.79. The third-order valence-electron chi connectivity index (χ3n) is 6.30. The summed E-state index contributed by atoms with van der Waals surface area (Å²) in [5.74, 6) is 1.98. The van der Waals surface area contributed by atoms with E-state index in [1.54, 1.807) is 18.3 Å². The van der Waals surface area contributed by atoms with Gasteiger partial charge in [0.2, 0.25) is 5.82 Å². The second kappa shape index (κ2) is 11.2. The highest BCUT2D eigenvalue weighted by Crippen LogP contribution is 2.30. The summed E-state index contributed by atoms with van der Waals surface area (Å²) in [5.41, 5.74) is 2.75. The molecule has 0 amide bonds. The first-order valence-corrected chi connectivity index (χ1v) is 13.6. The molecule has 0 aliphatic heterocycles. The van der Waals surface area contributed by atoms with E-state index in [2.05, 4.69) is 21.0 Å². The van der Waals surface area contributed by atoms with E-state index < -0.39 is 0 Å². The van der Waals surface area contributed by atoms with Gasteiger partial charge in [-0.05, 0) is 72.6 Å². The van der Waals surface area contributed by atoms with Crippen LogP contribution in [0.5, 0.6) is 11.5 Å². The molecule has 0 N–H and O–H groups in total. The molecule has 198 valence electrons. The predicted octanol–water partition coefficient (Wildman–Crippen LogP) is 7.43. The van der Waals surface area contributed by atoms with E-state index in [0.29, 0.717) is 52.8 Å². The van der Waals surface area contributed by atoms with Gasteiger partial charge >= 0.3 is 0 Å². The molecule has 0 aliphatic rings. The highest BCUT2D eigenvalue weighted by Gasteiger charge is 2.16. The summed E-state index contributed by atoms with van der Waals surface area (Å²) < 4.78 is 20.2. The van der Waals surface area contributed by atoms with Crippen LogP contribution in [-0.2, 0) is 6.61 Å². The fourth-order valence-electron chi connectivity index (χ4n) is 4.34. The van der Waals surface area contributed by atoms with Gasteiger partial charge in [-0.15, -0.1) is 0 Å². The van der Waals surface area contributed by atoms with E-state index >= 15 is 0 Å². The Labute approximate surface area is 238 Å². The molecule has 0 aliphatic carbocycles. The predicted molar refractivity (Wildman–Crippen MR) is 160 cm³/mol. The van der Waals surface area contributed by atoms with Crippen LogP contribution in [0.2, 0.25) is 0 Å². The smallest absolute Gasteiger partial charge is 0.282 e. The van der Waals surface area contributed by atoms with Crippen molar-refractivity contribution in [2.45, 2.75) is 13.5 Å². The third-order valence-corrected chi connectivity index (χ3v) is 6.83. The summed E-state index contributed by atoms with van der Waals surface area (Å²) >= 11 is 3.45. The Morgan fingerprint density at radius 1 is 0.925 bits per heavy atom. The number of ether oxygens (including phenoxy) is 2. The zero-order valence-electron chi connectivity index (χ0n) is 21.6. The Balaban J connectivity index is 1.36. The van der Waals surface area contributed by atoms with Crippen LogP contribution in [0.3, 0.4) is 0 Å². The van der Waals surface area contributed by atoms with Gasteiger partial charge in [0.1, 0.15) is 12.2 Å². The van der Waals surface area contributed by atoms with Crippen molar-refractivity contribution in [3.05, 3.63) is 123 Å². The Hall–Kier alpha value is -4.69. The Morgan fingerprint density at radius 3 is 2.55 bits per heavy atom. The quantitative estimate of drug-likeness (QED) is 0.171. The molecule has 0 saturated carbocycles. The molecule has 6 aromatic rings. The first kappa shape index (κ1) is 25.6. The van der Waals surface area contributed by atoms with Crippen molar-refractivity contribution >= 4 is 44.0 Å². The van der Waals surface area contributed by atoms with Crippen LogP contribution in [-0.4, -0.2) is 22.5 Å². The number of hydrogen-bond acceptors (Lipinski definition) is 6. The molecule has 0 saturated heterocycles. The normalized spacial score (nSPS) is 11.4. The van der Waals surface area contributed by atoms with Gasteiger partial charge in [0.25, 0.3) is 5.56 Å². The number of hydrogen-bond donors (Lipinski definition) is 0. The maximum atomic E-state index is 13.5. The van der Waals surface area contributed by atoms with Crippen molar-refractivity contribution in [2.75, 3.05) is 6.61 Å². The van der Waals surface area contributed by atoms with Crippen LogP contribution in [0.15, 0.2) is 116 Å². The molecule has 4 aromatic carbocycles. The van der Waals surface area contributed by atoms with Gasteiger partial charge in [0.15, 0.2) is 17.3 Å². The molecule has 0 bridgehead atoms. The number of fused-ring (bicyclic) bond motifs is 2. The standard InChI is InChI=1S/C32H24BrN3O4/c1-2-38-29-17-22(13-16-28(29)39-20-21-11-14-24(33)15-12-21)19-34-36-31(30-18-23-7-3-6-10-27(23)40-30)35-26-9-5-4-8-25(26)32(36)37/h3-19H,2,20H2,1H3. The zero-order chi connectivity index (χ0) is 27.5. The average Bonchev–Trinajstić information content (AvgIpc) is 3.41. The SMILES string of the molecule is CCOc1cc(C=Nn2c(-c3cc4ccccc4o3)nc3ccccc3c2=O)ccc1OCc1ccc(Br)cc1. The molecular formula is C32H24BrN3O4. The minimum absolute atomic E-state index is 0.295. The van der Waals surface area contributed by atoms with E-state index in [1.807, 2.05) is 91.9 Å². The largest absolute Gasteiger partial charge is 0.490 e. The van der Waals surface area contributed by atoms with Crippen molar-refractivity contribution in [3.63, 3.8) is 0 Å². The molecule has 0 fully saturated rings. The number of benzene rings is 4. The molecule has 0 atom stereocenters. The molecule has 2 heterocycles. The molecule has 8 heteroatoms. The number of furan rings is 1. The summed E-state index contributed by atoms with van der Waals surface area (Å²) in [4.78, 5) is 18.3. The molecule has 40 heavy (non-hydrogen) atoms. The van der Waals surface area contributed by atoms with E-state index in [0.717, 1.165) is 21.0 Å². The van der Waals surface area contributed by atoms with Crippen LogP contribution in [0.4, 0.5) is 0 Å². The van der Waals surface area contributed by atoms with Crippen molar-refractivity contribution < 1.29 is 13.9 Å². The van der Waals surface area contributed by atoms with Gasteiger partial charge < -0.3 is 13.9 Å². The summed E-state index contributed by atoms with van der Waals surface area (Å²) in [5, 5.41) is 5.94. The zero-order valence-corrected chi connectivity index (χ0v) is 23.2. The first-order valence-electron chi connectivity index (χ1n) is 12.8. The van der Waals surface area contributed by atoms with E-state index in [1.165, 1.54) is 4.68 Å². The number of para-hydroxylation sites is 2. The van der Waals surface area contributed by atoms with Gasteiger partial charge in [0, 0.05) is 9.86 Å². The fourth-order valence-corrected chi connectivity index (χ4v) is 4.61. The maximum Gasteiger partial charge on any atom is 0.282 e. The Kier molecular flexibility index (Phi) is 7.16. The average molecular weight is 594 g/mol. The minimum Gasteiger partial charge on any atom is -0.490 e. The molecule has 0 unspecified atom stereocenters. The van der Waals surface area contributed by atoms with Gasteiger partial charge in [-0.1, -0.05) is 58.4 Å². The minimum atomic E-state index is -0.295. The number of aromatic nitrogens is 2. The molecule has 6 rings (SSSR count). The lowest BCUT2D eigenvalue weighted by Gasteiger charge is -2.13. The van der Waals surface area contributed by atoms with Crippen molar-refractivity contribution in [2.24, 2.45) is 5.10 Å². The maximum absolute atomic E-state index is 13.5. The van der Waals surface area contributed by atoms with E-state index in [9.17, 15) is 4.79 Å². The second-order valence-corrected chi connectivity index (χ2v) is 9.93. The lowest BCUT2D eigenvalue weighted by molar-refractivity contribution is 0.269. The molecule has 0 spiro atoms. The number of rotatable bonds is 8. The van der Waals surface area contributed by atoms with Gasteiger partial charge in [-0.25, -0.2) is 4.98 Å². The van der Waals surface area contributed by atoms with Crippen LogP contribution in [0, 0.1) is 0 Å². The number of nitrogens with zero attached hydrogens (tertiary/aromatic N) is 3. The van der Waals surface area contributed by atoms with Crippen LogP contribution < -0.4 is 15.0 Å². The molecule has 7 nitrogen and oxygen atoms in total. The highest BCUT2D eigenvalue weighted by molar-refractivity contribution is 9.10. The Morgan fingerprint density at radius 2 is 1.73 bits per heavy atom. The summed E-state index contributed by atoms with van der Waals surface area (Å²) in [6, 6.07) is 30.2. The highest BCUT2D eigenvalue weighted by atomic mass is 79.9. The number of halogens is 1. The van der Waals surface area contributed by atoms with Crippen LogP contribution >= 0.6 is 15.9 Å². The van der Waals surface area contributed by atoms with Gasteiger partial charge in [-0.3, -0.25) is 4.79 Å². The van der Waals surface area contributed by atoms with Crippen LogP contribution in [0.1, 0.15) is 18.1 Å². The van der Waals surface area contributed by atoms with E-state index in [4.69, 9.17) is 18.9 Å². The molecule has 0 radical (unpaired) electrons. The lowest BCUT2D eigenvalue weighted by Crippen LogP contribution is -2.20. The van der Waals surface area contributed by atoms with E-state index in [-0.39, 0.29) is 5.56 Å². The topological polar surface area (TPSA) is 78.9 Å². The van der Waals surface area contributed by atoms with Gasteiger partial charge in [-0.2, -0.15) is 9.78 Å². The monoisotopic (exact) mass is 593 g/mol. The summed E-state index contributed by atoms with van der Waals surface area (Å²) in [6.07, 6.45) is 1.60. The fraction of sp³-hybridized carbons (Fsp3) is 0.0938. The van der Waals surface area contributed by atoms with Crippen molar-refractivity contribution in [1.29, 1.82) is 0 Å². The van der Waals surface area contributed by atoms with Crippen LogP contribution in [0.25, 0.3) is 33.5 Å². The molecule has 2 aromatic heterocycles. The Bertz CT molecular complexity index is 1880. The van der Waals surface area contributed by atoms with Gasteiger partial charge in [0.05, 0.1) is 23.7 Å². The van der Waals surface area contributed by atoms with Crippen molar-refractivity contribution in [3.8, 4) is 23.1 Å². The third kappa shape index (κ3) is 5.26. The second-order valence-electron chi connectivity index (χ2n) is 9.02. The lowest BCUT2D eigenvalue weighted by atomic mass is 10.2. The van der Waals surface area contributed by atoms with Crippen molar-refractivity contribution in [1.82, 2.24) is 9.66 Å².